The molecular formula is C27H34N8O3. The van der Waals surface area contributed by atoms with Crippen molar-refractivity contribution in [2.75, 3.05) is 58.9 Å². The van der Waals surface area contributed by atoms with Crippen LogP contribution in [-0.2, 0) is 0 Å². The number of ether oxygens (including phenoxy) is 2. The van der Waals surface area contributed by atoms with Crippen LogP contribution in [0.25, 0.3) is 11.0 Å². The lowest BCUT2D eigenvalue weighted by Gasteiger charge is -2.32. The molecule has 11 nitrogen and oxygen atoms in total. The first-order chi connectivity index (χ1) is 18.4. The van der Waals surface area contributed by atoms with Crippen LogP contribution in [0.2, 0.25) is 0 Å². The number of pyridine rings is 1. The summed E-state index contributed by atoms with van der Waals surface area (Å²) in [5, 5.41) is 11.5. The Morgan fingerprint density at radius 3 is 2.79 bits per heavy atom. The molecule has 3 aromatic heterocycles. The Morgan fingerprint density at radius 1 is 1.32 bits per heavy atom. The highest BCUT2D eigenvalue weighted by Gasteiger charge is 2.42. The monoisotopic (exact) mass is 518 g/mol. The molecule has 0 bridgehead atoms. The van der Waals surface area contributed by atoms with Gasteiger partial charge >= 0.3 is 6.01 Å². The Balaban J connectivity index is 1.33. The van der Waals surface area contributed by atoms with E-state index in [2.05, 4.69) is 41.3 Å². The number of anilines is 1. The van der Waals surface area contributed by atoms with Gasteiger partial charge in [-0.15, -0.1) is 6.42 Å². The quantitative estimate of drug-likeness (QED) is 0.389. The number of methoxy groups -OCH3 is 1. The molecule has 3 aromatic rings. The molecule has 38 heavy (non-hydrogen) atoms. The lowest BCUT2D eigenvalue weighted by molar-refractivity contribution is 0.0944. The third-order valence-corrected chi connectivity index (χ3v) is 7.28. The molecule has 4 heterocycles. The number of carbonyl (C=O) groups excluding carboxylic acids is 1. The average molecular weight is 519 g/mol. The van der Waals surface area contributed by atoms with Crippen molar-refractivity contribution in [1.29, 1.82) is 0 Å². The standard InChI is InChI=1S/C27H34N8O3/c1-5-27(9-10-27)17-38-26-30-19(25(36)29-12-15-34(2)3)16-21(31-26)35-13-7-18(8-14-35)23-22-20(37-4)6-11-28-24(22)33-32-23/h1,6,11,16,18H,7-10,12-15,17H2,2-4H3,(H,29,36)(H,28,32,33). The lowest BCUT2D eigenvalue weighted by atomic mass is 9.92. The molecule has 0 radical (unpaired) electrons. The van der Waals surface area contributed by atoms with Crippen LogP contribution in [0, 0.1) is 17.8 Å². The highest BCUT2D eigenvalue weighted by molar-refractivity contribution is 5.93. The first kappa shape index (κ1) is 25.7. The molecule has 1 aliphatic carbocycles. The average Bonchev–Trinajstić information content (AvgIpc) is 3.60. The molecule has 1 saturated carbocycles. The molecule has 200 valence electrons. The highest BCUT2D eigenvalue weighted by Crippen LogP contribution is 2.45. The molecule has 0 atom stereocenters. The van der Waals surface area contributed by atoms with Crippen LogP contribution < -0.4 is 19.7 Å². The summed E-state index contributed by atoms with van der Waals surface area (Å²) in [6.07, 6.45) is 11.0. The number of nitrogens with zero attached hydrogens (tertiary/aromatic N) is 6. The lowest BCUT2D eigenvalue weighted by Crippen LogP contribution is -2.35. The topological polar surface area (TPSA) is 121 Å². The van der Waals surface area contributed by atoms with E-state index in [1.54, 1.807) is 19.4 Å². The van der Waals surface area contributed by atoms with Crippen LogP contribution in [0.5, 0.6) is 11.8 Å². The van der Waals surface area contributed by atoms with Crippen molar-refractivity contribution in [2.45, 2.75) is 31.6 Å². The Kier molecular flexibility index (Phi) is 7.33. The smallest absolute Gasteiger partial charge is 0.319 e. The molecule has 2 fully saturated rings. The van der Waals surface area contributed by atoms with Crippen molar-refractivity contribution in [3.63, 3.8) is 0 Å². The van der Waals surface area contributed by atoms with Gasteiger partial charge in [0.05, 0.1) is 23.6 Å². The van der Waals surface area contributed by atoms with Gasteiger partial charge in [0.15, 0.2) is 5.65 Å². The van der Waals surface area contributed by atoms with Crippen LogP contribution in [-0.4, -0.2) is 89.9 Å². The van der Waals surface area contributed by atoms with Crippen molar-refractivity contribution in [2.24, 2.45) is 5.41 Å². The fourth-order valence-electron chi connectivity index (χ4n) is 4.72. The fourth-order valence-corrected chi connectivity index (χ4v) is 4.72. The first-order valence-corrected chi connectivity index (χ1v) is 13.0. The zero-order valence-electron chi connectivity index (χ0n) is 22.2. The summed E-state index contributed by atoms with van der Waals surface area (Å²) in [7, 11) is 5.58. The molecule has 1 saturated heterocycles. The van der Waals surface area contributed by atoms with Gasteiger partial charge in [0.1, 0.15) is 23.9 Å². The summed E-state index contributed by atoms with van der Waals surface area (Å²) < 4.78 is 11.5. The van der Waals surface area contributed by atoms with Crippen molar-refractivity contribution >= 4 is 22.8 Å². The first-order valence-electron chi connectivity index (χ1n) is 13.0. The van der Waals surface area contributed by atoms with Crippen LogP contribution in [0.4, 0.5) is 5.82 Å². The minimum absolute atomic E-state index is 0.179. The zero-order valence-corrected chi connectivity index (χ0v) is 22.2. The summed E-state index contributed by atoms with van der Waals surface area (Å²) in [5.41, 5.74) is 1.74. The van der Waals surface area contributed by atoms with Gasteiger partial charge in [-0.25, -0.2) is 4.98 Å². The van der Waals surface area contributed by atoms with Gasteiger partial charge in [-0.05, 0) is 45.8 Å². The number of aromatic amines is 1. The number of hydrogen-bond donors (Lipinski definition) is 2. The van der Waals surface area contributed by atoms with Crippen molar-refractivity contribution in [3.05, 3.63) is 29.7 Å². The summed E-state index contributed by atoms with van der Waals surface area (Å²) in [5.74, 6) is 4.25. The van der Waals surface area contributed by atoms with E-state index in [0.29, 0.717) is 19.0 Å². The molecule has 2 N–H and O–H groups in total. The number of fused-ring (bicyclic) bond motifs is 1. The van der Waals surface area contributed by atoms with Gasteiger partial charge < -0.3 is 24.6 Å². The second-order valence-electron chi connectivity index (χ2n) is 10.3. The normalized spacial score (nSPS) is 16.9. The minimum atomic E-state index is -0.254. The van der Waals surface area contributed by atoms with E-state index in [-0.39, 0.29) is 28.9 Å². The molecule has 5 rings (SSSR count). The van der Waals surface area contributed by atoms with Crippen molar-refractivity contribution < 1.29 is 14.3 Å². The molecule has 0 unspecified atom stereocenters. The molecule has 1 amide bonds. The number of terminal acetylenes is 1. The zero-order chi connectivity index (χ0) is 26.7. The largest absolute Gasteiger partial charge is 0.496 e. The van der Waals surface area contributed by atoms with E-state index < -0.39 is 0 Å². The van der Waals surface area contributed by atoms with Gasteiger partial charge in [0.25, 0.3) is 5.91 Å². The van der Waals surface area contributed by atoms with Crippen LogP contribution >= 0.6 is 0 Å². The number of aromatic nitrogens is 5. The Labute approximate surface area is 222 Å². The maximum atomic E-state index is 12.9. The summed E-state index contributed by atoms with van der Waals surface area (Å²) >= 11 is 0. The number of likely N-dealkylation sites (N-methyl/N-ethyl adjacent to an activating group) is 1. The molecule has 11 heteroatoms. The van der Waals surface area contributed by atoms with Crippen LogP contribution in [0.15, 0.2) is 18.3 Å². The maximum absolute atomic E-state index is 12.9. The van der Waals surface area contributed by atoms with E-state index in [9.17, 15) is 4.79 Å². The number of carbonyl (C=O) groups is 1. The summed E-state index contributed by atoms with van der Waals surface area (Å²) in [6, 6.07) is 3.78. The molecule has 2 aliphatic rings. The second-order valence-corrected chi connectivity index (χ2v) is 10.3. The van der Waals surface area contributed by atoms with E-state index in [1.807, 2.05) is 25.1 Å². The number of hydrogen-bond acceptors (Lipinski definition) is 9. The van der Waals surface area contributed by atoms with Crippen LogP contribution in [0.1, 0.15) is 47.8 Å². The molecular weight excluding hydrogens is 484 g/mol. The summed E-state index contributed by atoms with van der Waals surface area (Å²) in [6.45, 7) is 3.08. The number of nitrogens with one attached hydrogen (secondary N) is 2. The molecule has 1 aliphatic heterocycles. The van der Waals surface area contributed by atoms with E-state index >= 15 is 0 Å². The van der Waals surface area contributed by atoms with Gasteiger partial charge in [0, 0.05) is 44.4 Å². The molecule has 0 aromatic carbocycles. The SMILES string of the molecule is C#CC1(COc2nc(C(=O)NCCN(C)C)cc(N3CCC(c4n[nH]c5nccc(OC)c45)CC3)n2)CC1. The highest BCUT2D eigenvalue weighted by atomic mass is 16.5. The van der Waals surface area contributed by atoms with Gasteiger partial charge in [0.2, 0.25) is 0 Å². The van der Waals surface area contributed by atoms with E-state index in [1.165, 1.54) is 0 Å². The number of amides is 1. The third kappa shape index (κ3) is 5.50. The number of piperidine rings is 1. The van der Waals surface area contributed by atoms with Gasteiger partial charge in [-0.2, -0.15) is 15.1 Å². The summed E-state index contributed by atoms with van der Waals surface area (Å²) in [4.78, 5) is 30.6. The van der Waals surface area contributed by atoms with Crippen LogP contribution in [0.3, 0.4) is 0 Å². The predicted molar refractivity (Wildman–Crippen MR) is 144 cm³/mol. The van der Waals surface area contributed by atoms with Crippen molar-refractivity contribution in [3.8, 4) is 24.1 Å². The fraction of sp³-hybridized carbons (Fsp3) is 0.519. The Hall–Kier alpha value is -3.91. The van der Waals surface area contributed by atoms with Crippen molar-refractivity contribution in [1.82, 2.24) is 35.4 Å². The minimum Gasteiger partial charge on any atom is -0.496 e. The predicted octanol–water partition coefficient (Wildman–Crippen LogP) is 2.22. The Bertz CT molecular complexity index is 1340. The van der Waals surface area contributed by atoms with E-state index in [4.69, 9.17) is 15.9 Å². The Morgan fingerprint density at radius 2 is 2.11 bits per heavy atom. The number of H-pyrrole nitrogens is 1. The second kappa shape index (κ2) is 10.8. The van der Waals surface area contributed by atoms with E-state index in [0.717, 1.165) is 67.8 Å². The molecule has 0 spiro atoms. The van der Waals surface area contributed by atoms with Gasteiger partial charge in [-0.1, -0.05) is 5.92 Å². The van der Waals surface area contributed by atoms with Gasteiger partial charge in [-0.3, -0.25) is 9.89 Å². The maximum Gasteiger partial charge on any atom is 0.319 e. The number of rotatable bonds is 10. The third-order valence-electron chi connectivity index (χ3n) is 7.28.